The summed E-state index contributed by atoms with van der Waals surface area (Å²) in [5, 5.41) is 0. The largest absolute Gasteiger partial charge is 0.271 e. The number of pyridine rings is 1. The molecule has 0 saturated carbocycles. The zero-order valence-corrected chi connectivity index (χ0v) is 9.38. The van der Waals surface area contributed by atoms with E-state index in [1.165, 1.54) is 12.1 Å². The maximum Gasteiger partial charge on any atom is 0.264 e. The average Bonchev–Trinajstić information content (AvgIpc) is 2.40. The minimum absolute atomic E-state index is 0.0591. The molecule has 0 fully saturated rings. The highest BCUT2D eigenvalue weighted by Crippen LogP contribution is 2.23. The number of para-hydroxylation sites is 1. The van der Waals surface area contributed by atoms with Crippen molar-refractivity contribution in [3.05, 3.63) is 54.5 Å². The van der Waals surface area contributed by atoms with Crippen molar-refractivity contribution in [1.29, 1.82) is 0 Å². The predicted molar refractivity (Wildman–Crippen MR) is 63.8 cm³/mol. The van der Waals surface area contributed by atoms with Crippen molar-refractivity contribution in [3.63, 3.8) is 0 Å². The highest BCUT2D eigenvalue weighted by Gasteiger charge is 2.18. The normalized spacial score (nSPS) is 10.1. The van der Waals surface area contributed by atoms with Gasteiger partial charge in [-0.15, -0.1) is 0 Å². The van der Waals surface area contributed by atoms with Gasteiger partial charge >= 0.3 is 0 Å². The van der Waals surface area contributed by atoms with Gasteiger partial charge in [0, 0.05) is 0 Å². The van der Waals surface area contributed by atoms with Crippen LogP contribution in [-0.2, 0) is 4.79 Å². The molecule has 0 aliphatic heterocycles. The number of hydrogen-bond donors (Lipinski definition) is 0. The Kier molecular flexibility index (Phi) is 3.62. The molecule has 1 aromatic heterocycles. The van der Waals surface area contributed by atoms with Crippen LogP contribution in [0.2, 0.25) is 0 Å². The van der Waals surface area contributed by atoms with Gasteiger partial charge in [-0.05, 0) is 24.3 Å². The number of halogens is 2. The van der Waals surface area contributed by atoms with Gasteiger partial charge in [-0.1, -0.05) is 24.3 Å². The molecule has 0 aliphatic carbocycles. The number of carbonyl (C=O) groups is 1. The summed E-state index contributed by atoms with van der Waals surface area (Å²) in [4.78, 5) is 16.2. The van der Waals surface area contributed by atoms with Gasteiger partial charge in [-0.3, -0.25) is 9.69 Å². The third kappa shape index (κ3) is 2.51. The summed E-state index contributed by atoms with van der Waals surface area (Å²) >= 11 is 0. The molecule has 3 nitrogen and oxygen atoms in total. The molecule has 1 aromatic carbocycles. The number of nitrogens with zero attached hydrogens (tertiary/aromatic N) is 2. The number of anilines is 2. The molecule has 2 aromatic rings. The second-order valence-electron chi connectivity index (χ2n) is 3.52. The summed E-state index contributed by atoms with van der Waals surface area (Å²) in [7, 11) is 0. The Labute approximate surface area is 103 Å². The fourth-order valence-electron chi connectivity index (χ4n) is 1.56. The number of hydrogen-bond acceptors (Lipinski definition) is 2. The first kappa shape index (κ1) is 12.2. The maximum absolute atomic E-state index is 13.1. The van der Waals surface area contributed by atoms with Crippen LogP contribution >= 0.6 is 0 Å². The van der Waals surface area contributed by atoms with E-state index in [4.69, 9.17) is 0 Å². The molecule has 0 spiro atoms. The van der Waals surface area contributed by atoms with E-state index in [0.717, 1.165) is 11.0 Å². The van der Waals surface area contributed by atoms with E-state index >= 15 is 0 Å². The lowest BCUT2D eigenvalue weighted by atomic mass is 10.2. The molecule has 92 valence electrons. The van der Waals surface area contributed by atoms with Gasteiger partial charge < -0.3 is 0 Å². The Bertz CT molecular complexity index is 546. The Morgan fingerprint density at radius 2 is 1.83 bits per heavy atom. The van der Waals surface area contributed by atoms with Crippen LogP contribution in [0.5, 0.6) is 0 Å². The van der Waals surface area contributed by atoms with E-state index in [2.05, 4.69) is 4.98 Å². The quantitative estimate of drug-likeness (QED) is 0.782. The lowest BCUT2D eigenvalue weighted by molar-refractivity contribution is -0.118. The highest BCUT2D eigenvalue weighted by molar-refractivity contribution is 6.00. The maximum atomic E-state index is 13.1. The molecule has 1 heterocycles. The van der Waals surface area contributed by atoms with Crippen molar-refractivity contribution in [1.82, 2.24) is 4.98 Å². The van der Waals surface area contributed by atoms with Crippen molar-refractivity contribution in [3.8, 4) is 0 Å². The highest BCUT2D eigenvalue weighted by atomic mass is 19.1. The van der Waals surface area contributed by atoms with E-state index < -0.39 is 18.5 Å². The Morgan fingerprint density at radius 1 is 1.11 bits per heavy atom. The Balaban J connectivity index is 2.47. The second kappa shape index (κ2) is 5.35. The van der Waals surface area contributed by atoms with Crippen LogP contribution in [0.4, 0.5) is 20.3 Å². The smallest absolute Gasteiger partial charge is 0.264 e. The molecule has 0 unspecified atom stereocenters. The van der Waals surface area contributed by atoms with Crippen LogP contribution in [0.25, 0.3) is 0 Å². The molecule has 0 radical (unpaired) electrons. The molecular formula is C13H10F2N2O. The van der Waals surface area contributed by atoms with E-state index in [1.54, 1.807) is 30.3 Å². The van der Waals surface area contributed by atoms with Crippen molar-refractivity contribution in [2.24, 2.45) is 0 Å². The van der Waals surface area contributed by atoms with E-state index in [1.807, 2.05) is 0 Å². The number of rotatable bonds is 3. The number of aromatic nitrogens is 1. The lowest BCUT2D eigenvalue weighted by Crippen LogP contribution is -2.28. The first-order valence-corrected chi connectivity index (χ1v) is 5.29. The molecule has 2 rings (SSSR count). The molecule has 1 amide bonds. The van der Waals surface area contributed by atoms with Gasteiger partial charge in [0.2, 0.25) is 5.95 Å². The molecule has 5 heteroatoms. The number of carbonyl (C=O) groups excluding carboxylic acids is 1. The summed E-state index contributed by atoms with van der Waals surface area (Å²) in [5.74, 6) is -1.46. The SMILES string of the molecule is O=C(CF)N(c1ccccc1)c1cccc(F)n1. The monoisotopic (exact) mass is 248 g/mol. The summed E-state index contributed by atoms with van der Waals surface area (Å²) in [6.07, 6.45) is 0. The van der Waals surface area contributed by atoms with Gasteiger partial charge in [0.25, 0.3) is 5.91 Å². The summed E-state index contributed by atoms with van der Waals surface area (Å²) in [6, 6.07) is 12.4. The van der Waals surface area contributed by atoms with E-state index in [9.17, 15) is 13.6 Å². The average molecular weight is 248 g/mol. The van der Waals surface area contributed by atoms with Crippen molar-refractivity contribution < 1.29 is 13.6 Å². The third-order valence-electron chi connectivity index (χ3n) is 2.31. The van der Waals surface area contributed by atoms with Crippen LogP contribution in [0.1, 0.15) is 0 Å². The van der Waals surface area contributed by atoms with Crippen LogP contribution < -0.4 is 4.90 Å². The fourth-order valence-corrected chi connectivity index (χ4v) is 1.56. The molecular weight excluding hydrogens is 238 g/mol. The predicted octanol–water partition coefficient (Wildman–Crippen LogP) is 2.85. The van der Waals surface area contributed by atoms with Crippen molar-refractivity contribution in [2.75, 3.05) is 11.6 Å². The van der Waals surface area contributed by atoms with Gasteiger partial charge in [0.15, 0.2) is 6.67 Å². The van der Waals surface area contributed by atoms with Crippen LogP contribution in [0.3, 0.4) is 0 Å². The van der Waals surface area contributed by atoms with Gasteiger partial charge in [-0.25, -0.2) is 9.37 Å². The number of benzene rings is 1. The Morgan fingerprint density at radius 3 is 2.44 bits per heavy atom. The standard InChI is InChI=1S/C13H10F2N2O/c14-9-13(18)17(10-5-2-1-3-6-10)12-8-4-7-11(15)16-12/h1-8H,9H2. The first-order chi connectivity index (χ1) is 8.72. The van der Waals surface area contributed by atoms with Crippen LogP contribution in [0, 0.1) is 5.95 Å². The van der Waals surface area contributed by atoms with Crippen LogP contribution in [-0.4, -0.2) is 17.6 Å². The van der Waals surface area contributed by atoms with Crippen molar-refractivity contribution >= 4 is 17.4 Å². The number of amides is 1. The molecule has 0 bridgehead atoms. The fraction of sp³-hybridized carbons (Fsp3) is 0.0769. The molecule has 0 saturated heterocycles. The molecule has 18 heavy (non-hydrogen) atoms. The van der Waals surface area contributed by atoms with Gasteiger partial charge in [0.05, 0.1) is 5.69 Å². The third-order valence-corrected chi connectivity index (χ3v) is 2.31. The molecule has 0 aliphatic rings. The minimum atomic E-state index is -1.17. The number of alkyl halides is 1. The lowest BCUT2D eigenvalue weighted by Gasteiger charge is -2.20. The zero-order chi connectivity index (χ0) is 13.0. The zero-order valence-electron chi connectivity index (χ0n) is 9.38. The van der Waals surface area contributed by atoms with Crippen LogP contribution in [0.15, 0.2) is 48.5 Å². The molecule has 0 N–H and O–H groups in total. The summed E-state index contributed by atoms with van der Waals surface area (Å²) in [6.45, 7) is -1.17. The van der Waals surface area contributed by atoms with Gasteiger partial charge in [0.1, 0.15) is 5.82 Å². The first-order valence-electron chi connectivity index (χ1n) is 5.29. The topological polar surface area (TPSA) is 33.2 Å². The second-order valence-corrected chi connectivity index (χ2v) is 3.52. The van der Waals surface area contributed by atoms with E-state index in [0.29, 0.717) is 5.69 Å². The Hall–Kier alpha value is -2.30. The van der Waals surface area contributed by atoms with Crippen molar-refractivity contribution in [2.45, 2.75) is 0 Å². The minimum Gasteiger partial charge on any atom is -0.271 e. The summed E-state index contributed by atoms with van der Waals surface area (Å²) < 4.78 is 25.7. The molecule has 0 atom stereocenters. The van der Waals surface area contributed by atoms with E-state index in [-0.39, 0.29) is 5.82 Å². The summed E-state index contributed by atoms with van der Waals surface area (Å²) in [5.41, 5.74) is 0.443. The van der Waals surface area contributed by atoms with Gasteiger partial charge in [-0.2, -0.15) is 4.39 Å².